The van der Waals surface area contributed by atoms with Gasteiger partial charge in [-0.2, -0.15) is 0 Å². The predicted molar refractivity (Wildman–Crippen MR) is 70.0 cm³/mol. The number of allylic oxidation sites excluding steroid dienone is 2. The summed E-state index contributed by atoms with van der Waals surface area (Å²) in [5.41, 5.74) is 2.19. The molecular weight excluding hydrogens is 234 g/mol. The van der Waals surface area contributed by atoms with Gasteiger partial charge in [-0.05, 0) is 25.0 Å². The van der Waals surface area contributed by atoms with E-state index in [1.807, 2.05) is 31.3 Å². The third kappa shape index (κ3) is 2.52. The van der Waals surface area contributed by atoms with Crippen LogP contribution in [0.15, 0.2) is 36.0 Å². The highest BCUT2D eigenvalue weighted by atomic mass is 35.5. The molecule has 1 atom stereocenters. The molecule has 0 heterocycles. The van der Waals surface area contributed by atoms with Gasteiger partial charge in [0.05, 0.1) is 6.04 Å². The van der Waals surface area contributed by atoms with Crippen LogP contribution in [0.5, 0.6) is 0 Å². The first-order valence-corrected chi connectivity index (χ1v) is 6.18. The second-order valence-corrected chi connectivity index (χ2v) is 4.82. The minimum Gasteiger partial charge on any atom is -0.371 e. The van der Waals surface area contributed by atoms with E-state index in [9.17, 15) is 4.79 Å². The Hall–Kier alpha value is -1.28. The largest absolute Gasteiger partial charge is 0.371 e. The number of hydrogen-bond acceptors (Lipinski definition) is 2. The highest BCUT2D eigenvalue weighted by Crippen LogP contribution is 2.31. The van der Waals surface area contributed by atoms with Crippen LogP contribution < -0.4 is 0 Å². The van der Waals surface area contributed by atoms with Crippen molar-refractivity contribution in [1.82, 2.24) is 4.90 Å². The summed E-state index contributed by atoms with van der Waals surface area (Å²) in [5, 5.41) is 0.775. The molecule has 1 aromatic carbocycles. The van der Waals surface area contributed by atoms with Gasteiger partial charge < -0.3 is 4.90 Å². The van der Waals surface area contributed by atoms with Crippen molar-refractivity contribution < 1.29 is 4.79 Å². The number of carbonyl (C=O) groups is 1. The fraction of sp³-hybridized carbons (Fsp3) is 0.357. The minimum absolute atomic E-state index is 0.181. The zero-order valence-corrected chi connectivity index (χ0v) is 10.9. The Morgan fingerprint density at radius 3 is 2.59 bits per heavy atom. The molecule has 0 bridgehead atoms. The zero-order chi connectivity index (χ0) is 12.4. The lowest BCUT2D eigenvalue weighted by atomic mass is 10.1. The molecule has 1 aromatic rings. The second-order valence-electron chi connectivity index (χ2n) is 4.41. The van der Waals surface area contributed by atoms with Gasteiger partial charge in [0.1, 0.15) is 0 Å². The molecule has 0 saturated carbocycles. The lowest BCUT2D eigenvalue weighted by Gasteiger charge is -2.28. The van der Waals surface area contributed by atoms with Crippen LogP contribution in [-0.4, -0.2) is 17.7 Å². The van der Waals surface area contributed by atoms with Crippen molar-refractivity contribution in [2.24, 2.45) is 0 Å². The minimum atomic E-state index is 0.181. The molecule has 0 aliphatic heterocycles. The maximum absolute atomic E-state index is 11.3. The number of halogens is 1. The highest BCUT2D eigenvalue weighted by molar-refractivity contribution is 6.31. The summed E-state index contributed by atoms with van der Waals surface area (Å²) >= 11 is 6.19. The van der Waals surface area contributed by atoms with Crippen LogP contribution >= 0.6 is 11.6 Å². The third-order valence-electron chi connectivity index (χ3n) is 3.34. The molecule has 1 aliphatic rings. The van der Waals surface area contributed by atoms with Crippen LogP contribution in [0.3, 0.4) is 0 Å². The Morgan fingerprint density at radius 1 is 1.29 bits per heavy atom. The molecule has 0 saturated heterocycles. The fourth-order valence-electron chi connectivity index (χ4n) is 2.13. The summed E-state index contributed by atoms with van der Waals surface area (Å²) in [7, 11) is 2.01. The van der Waals surface area contributed by atoms with Crippen molar-refractivity contribution in [2.45, 2.75) is 25.8 Å². The lowest BCUT2D eigenvalue weighted by Crippen LogP contribution is -2.21. The summed E-state index contributed by atoms with van der Waals surface area (Å²) in [5.74, 6) is 0.221. The van der Waals surface area contributed by atoms with Crippen LogP contribution in [0.1, 0.15) is 31.4 Å². The average Bonchev–Trinajstić information content (AvgIpc) is 2.75. The summed E-state index contributed by atoms with van der Waals surface area (Å²) in [6.45, 7) is 2.10. The third-order valence-corrected chi connectivity index (χ3v) is 3.69. The second kappa shape index (κ2) is 4.92. The molecule has 0 amide bonds. The van der Waals surface area contributed by atoms with E-state index in [0.717, 1.165) is 22.7 Å². The highest BCUT2D eigenvalue weighted by Gasteiger charge is 2.21. The Bertz CT molecular complexity index is 467. The van der Waals surface area contributed by atoms with E-state index in [1.54, 1.807) is 6.08 Å². The van der Waals surface area contributed by atoms with E-state index in [1.165, 1.54) is 0 Å². The van der Waals surface area contributed by atoms with Gasteiger partial charge in [-0.1, -0.05) is 29.8 Å². The summed E-state index contributed by atoms with van der Waals surface area (Å²) in [6.07, 6.45) is 3.21. The number of carbonyl (C=O) groups excluding carboxylic acids is 1. The molecule has 2 nitrogen and oxygen atoms in total. The van der Waals surface area contributed by atoms with Gasteiger partial charge in [-0.15, -0.1) is 0 Å². The fourth-order valence-corrected chi connectivity index (χ4v) is 2.42. The maximum Gasteiger partial charge on any atom is 0.157 e. The first-order chi connectivity index (χ1) is 8.09. The SMILES string of the molecule is CC(c1ccccc1Cl)N(C)C1=CC(=O)CC1. The van der Waals surface area contributed by atoms with Crippen LogP contribution in [-0.2, 0) is 4.79 Å². The monoisotopic (exact) mass is 249 g/mol. The van der Waals surface area contributed by atoms with Crippen molar-refractivity contribution in [3.05, 3.63) is 46.6 Å². The molecule has 90 valence electrons. The molecule has 0 aromatic heterocycles. The van der Waals surface area contributed by atoms with Gasteiger partial charge in [0, 0.05) is 30.3 Å². The molecular formula is C14H16ClNO. The maximum atomic E-state index is 11.3. The van der Waals surface area contributed by atoms with Gasteiger partial charge in [0.2, 0.25) is 0 Å². The van der Waals surface area contributed by atoms with Crippen molar-refractivity contribution in [1.29, 1.82) is 0 Å². The predicted octanol–water partition coefficient (Wildman–Crippen LogP) is 3.58. The number of nitrogens with zero attached hydrogens (tertiary/aromatic N) is 1. The molecule has 0 fully saturated rings. The number of ketones is 1. The van der Waals surface area contributed by atoms with Gasteiger partial charge in [0.15, 0.2) is 5.78 Å². The first kappa shape index (κ1) is 12.2. The van der Waals surface area contributed by atoms with Gasteiger partial charge >= 0.3 is 0 Å². The van der Waals surface area contributed by atoms with E-state index < -0.39 is 0 Å². The number of benzene rings is 1. The molecule has 0 N–H and O–H groups in total. The molecule has 17 heavy (non-hydrogen) atoms. The molecule has 0 spiro atoms. The summed E-state index contributed by atoms with van der Waals surface area (Å²) in [4.78, 5) is 13.4. The topological polar surface area (TPSA) is 20.3 Å². The first-order valence-electron chi connectivity index (χ1n) is 5.80. The Kier molecular flexibility index (Phi) is 3.53. The van der Waals surface area contributed by atoms with Crippen LogP contribution in [0.2, 0.25) is 5.02 Å². The Balaban J connectivity index is 2.21. The number of hydrogen-bond donors (Lipinski definition) is 0. The molecule has 0 radical (unpaired) electrons. The van der Waals surface area contributed by atoms with Crippen molar-refractivity contribution in [3.8, 4) is 0 Å². The summed E-state index contributed by atoms with van der Waals surface area (Å²) in [6, 6.07) is 8.02. The van der Waals surface area contributed by atoms with Gasteiger partial charge in [-0.25, -0.2) is 0 Å². The van der Waals surface area contributed by atoms with Crippen LogP contribution in [0, 0.1) is 0 Å². The van der Waals surface area contributed by atoms with Crippen LogP contribution in [0.25, 0.3) is 0 Å². The van der Waals surface area contributed by atoms with Crippen LogP contribution in [0.4, 0.5) is 0 Å². The summed E-state index contributed by atoms with van der Waals surface area (Å²) < 4.78 is 0. The van der Waals surface area contributed by atoms with E-state index in [2.05, 4.69) is 11.8 Å². The van der Waals surface area contributed by atoms with E-state index >= 15 is 0 Å². The van der Waals surface area contributed by atoms with Crippen molar-refractivity contribution in [2.75, 3.05) is 7.05 Å². The zero-order valence-electron chi connectivity index (χ0n) is 10.1. The molecule has 1 aliphatic carbocycles. The van der Waals surface area contributed by atoms with Gasteiger partial charge in [0.25, 0.3) is 0 Å². The quantitative estimate of drug-likeness (QED) is 0.816. The molecule has 1 unspecified atom stereocenters. The molecule has 3 heteroatoms. The van der Waals surface area contributed by atoms with E-state index in [0.29, 0.717) is 6.42 Å². The average molecular weight is 250 g/mol. The number of rotatable bonds is 3. The van der Waals surface area contributed by atoms with E-state index in [-0.39, 0.29) is 11.8 Å². The lowest BCUT2D eigenvalue weighted by molar-refractivity contribution is -0.114. The van der Waals surface area contributed by atoms with Crippen molar-refractivity contribution in [3.63, 3.8) is 0 Å². The normalized spacial score (nSPS) is 16.9. The van der Waals surface area contributed by atoms with Crippen molar-refractivity contribution >= 4 is 17.4 Å². The Labute approximate surface area is 107 Å². The smallest absolute Gasteiger partial charge is 0.157 e. The molecule has 2 rings (SSSR count). The standard InChI is InChI=1S/C14H16ClNO/c1-10(13-5-3-4-6-14(13)15)16(2)11-7-8-12(17)9-11/h3-6,9-10H,7-8H2,1-2H3. The Morgan fingerprint density at radius 2 is 2.00 bits per heavy atom. The van der Waals surface area contributed by atoms with Gasteiger partial charge in [-0.3, -0.25) is 4.79 Å². The van der Waals surface area contributed by atoms with E-state index in [4.69, 9.17) is 11.6 Å².